The molecule has 0 spiro atoms. The Hall–Kier alpha value is -1.41. The van der Waals surface area contributed by atoms with Gasteiger partial charge in [0.05, 0.1) is 6.10 Å². The van der Waals surface area contributed by atoms with Crippen molar-refractivity contribution in [1.82, 2.24) is 0 Å². The van der Waals surface area contributed by atoms with Gasteiger partial charge in [0.15, 0.2) is 5.78 Å². The van der Waals surface area contributed by atoms with Gasteiger partial charge in [0.2, 0.25) is 0 Å². The highest BCUT2D eigenvalue weighted by atomic mass is 16.3. The van der Waals surface area contributed by atoms with Crippen LogP contribution in [-0.4, -0.2) is 17.0 Å². The van der Waals surface area contributed by atoms with Crippen LogP contribution in [-0.2, 0) is 6.42 Å². The molecule has 2 nitrogen and oxygen atoms in total. The van der Waals surface area contributed by atoms with Crippen LogP contribution in [0.25, 0.3) is 0 Å². The number of benzene rings is 1. The van der Waals surface area contributed by atoms with Gasteiger partial charge in [-0.3, -0.25) is 4.79 Å². The maximum absolute atomic E-state index is 11.7. The third-order valence-corrected chi connectivity index (χ3v) is 6.78. The molecule has 0 aromatic heterocycles. The SMILES string of the molecule is CC(=O)c1ccc2c(c1)CC[C@H]1[C@H]2CC=C2C[C@@H](O)CC[C@@]21C. The standard InChI is InChI=1S/C21H26O2/c1-13(22)14-3-6-18-15(11-14)4-8-20-19(18)7-5-16-12-17(23)9-10-21(16,20)2/h3,5-6,11,17,19-20,23H,4,7-10,12H2,1-2H3/t17-,19-,20-,21-/m0/s1. The zero-order valence-corrected chi connectivity index (χ0v) is 14.1. The van der Waals surface area contributed by atoms with Crippen LogP contribution in [0, 0.1) is 11.3 Å². The topological polar surface area (TPSA) is 37.3 Å². The summed E-state index contributed by atoms with van der Waals surface area (Å²) in [6, 6.07) is 6.35. The van der Waals surface area contributed by atoms with Crippen LogP contribution in [0.15, 0.2) is 29.8 Å². The quantitative estimate of drug-likeness (QED) is 0.616. The highest BCUT2D eigenvalue weighted by Crippen LogP contribution is 2.58. The van der Waals surface area contributed by atoms with Crippen molar-refractivity contribution in [2.24, 2.45) is 11.3 Å². The fourth-order valence-corrected chi connectivity index (χ4v) is 5.41. The second-order valence-electron chi connectivity index (χ2n) is 8.00. The van der Waals surface area contributed by atoms with Gasteiger partial charge in [-0.2, -0.15) is 0 Å². The molecule has 0 unspecified atom stereocenters. The number of Topliss-reactive ketones (excluding diaryl/α,β-unsaturated/α-hetero) is 1. The molecule has 1 aromatic rings. The van der Waals surface area contributed by atoms with E-state index < -0.39 is 0 Å². The molecule has 4 atom stereocenters. The van der Waals surface area contributed by atoms with Gasteiger partial charge in [0.25, 0.3) is 0 Å². The summed E-state index contributed by atoms with van der Waals surface area (Å²) in [5.41, 5.74) is 5.46. The lowest BCUT2D eigenvalue weighted by Crippen LogP contribution is -2.43. The summed E-state index contributed by atoms with van der Waals surface area (Å²) < 4.78 is 0. The first-order chi connectivity index (χ1) is 11.0. The predicted molar refractivity (Wildman–Crippen MR) is 91.7 cm³/mol. The lowest BCUT2D eigenvalue weighted by atomic mass is 9.53. The van der Waals surface area contributed by atoms with Crippen LogP contribution in [0.3, 0.4) is 0 Å². The molecule has 23 heavy (non-hydrogen) atoms. The average Bonchev–Trinajstić information content (AvgIpc) is 2.54. The van der Waals surface area contributed by atoms with Crippen LogP contribution in [0.5, 0.6) is 0 Å². The Bertz CT molecular complexity index is 687. The molecule has 1 N–H and O–H groups in total. The Morgan fingerprint density at radius 3 is 2.91 bits per heavy atom. The van der Waals surface area contributed by atoms with E-state index in [0.29, 0.717) is 11.8 Å². The minimum atomic E-state index is -0.139. The average molecular weight is 310 g/mol. The molecule has 1 saturated carbocycles. The number of aliphatic hydroxyl groups excluding tert-OH is 1. The zero-order valence-electron chi connectivity index (χ0n) is 14.1. The number of carbonyl (C=O) groups excluding carboxylic acids is 1. The van der Waals surface area contributed by atoms with Gasteiger partial charge in [-0.05, 0) is 79.9 Å². The second-order valence-corrected chi connectivity index (χ2v) is 8.00. The lowest BCUT2D eigenvalue weighted by Gasteiger charge is -2.52. The Labute approximate surface area is 138 Å². The predicted octanol–water partition coefficient (Wildman–Crippen LogP) is 4.42. The highest BCUT2D eigenvalue weighted by Gasteiger charge is 2.48. The summed E-state index contributed by atoms with van der Waals surface area (Å²) in [6.45, 7) is 4.08. The normalized spacial score (nSPS) is 35.6. The maximum Gasteiger partial charge on any atom is 0.159 e. The Kier molecular flexibility index (Phi) is 3.49. The number of rotatable bonds is 1. The number of hydrogen-bond acceptors (Lipinski definition) is 2. The van der Waals surface area contributed by atoms with Gasteiger partial charge in [-0.15, -0.1) is 0 Å². The number of fused-ring (bicyclic) bond motifs is 5. The summed E-state index contributed by atoms with van der Waals surface area (Å²) >= 11 is 0. The molecule has 3 aliphatic rings. The minimum Gasteiger partial charge on any atom is -0.393 e. The van der Waals surface area contributed by atoms with Crippen LogP contribution in [0.1, 0.15) is 73.4 Å². The van der Waals surface area contributed by atoms with Gasteiger partial charge >= 0.3 is 0 Å². The monoisotopic (exact) mass is 310 g/mol. The number of allylic oxidation sites excluding steroid dienone is 1. The second kappa shape index (κ2) is 5.31. The number of ketones is 1. The molecule has 2 heteroatoms. The van der Waals surface area contributed by atoms with E-state index in [1.807, 2.05) is 6.07 Å². The van der Waals surface area contributed by atoms with Crippen LogP contribution < -0.4 is 0 Å². The Morgan fingerprint density at radius 1 is 1.30 bits per heavy atom. The molecule has 0 radical (unpaired) electrons. The van der Waals surface area contributed by atoms with Crippen LogP contribution in [0.2, 0.25) is 0 Å². The molecule has 0 aliphatic heterocycles. The van der Waals surface area contributed by atoms with Gasteiger partial charge in [0, 0.05) is 5.56 Å². The van der Waals surface area contributed by atoms with E-state index in [1.54, 1.807) is 6.92 Å². The van der Waals surface area contributed by atoms with Crippen molar-refractivity contribution in [1.29, 1.82) is 0 Å². The first-order valence-corrected chi connectivity index (χ1v) is 9.00. The summed E-state index contributed by atoms with van der Waals surface area (Å²) in [5, 5.41) is 10.0. The molecule has 4 rings (SSSR count). The Morgan fingerprint density at radius 2 is 2.13 bits per heavy atom. The third-order valence-electron chi connectivity index (χ3n) is 6.78. The van der Waals surface area contributed by atoms with E-state index in [9.17, 15) is 9.90 Å². The molecule has 122 valence electrons. The van der Waals surface area contributed by atoms with E-state index in [4.69, 9.17) is 0 Å². The van der Waals surface area contributed by atoms with Crippen molar-refractivity contribution in [3.8, 4) is 0 Å². The van der Waals surface area contributed by atoms with Crippen molar-refractivity contribution in [2.45, 2.75) is 64.4 Å². The van der Waals surface area contributed by atoms with E-state index in [-0.39, 0.29) is 17.3 Å². The summed E-state index contributed by atoms with van der Waals surface area (Å²) in [7, 11) is 0. The number of hydrogen-bond donors (Lipinski definition) is 1. The maximum atomic E-state index is 11.7. The first-order valence-electron chi connectivity index (χ1n) is 9.00. The fourth-order valence-electron chi connectivity index (χ4n) is 5.41. The smallest absolute Gasteiger partial charge is 0.159 e. The summed E-state index contributed by atoms with van der Waals surface area (Å²) in [6.07, 6.45) is 8.59. The van der Waals surface area contributed by atoms with Crippen molar-refractivity contribution >= 4 is 5.78 Å². The van der Waals surface area contributed by atoms with Gasteiger partial charge in [0.1, 0.15) is 0 Å². The molecule has 0 amide bonds. The van der Waals surface area contributed by atoms with Crippen molar-refractivity contribution in [3.05, 3.63) is 46.5 Å². The molecule has 1 fully saturated rings. The van der Waals surface area contributed by atoms with E-state index in [2.05, 4.69) is 25.1 Å². The summed E-state index contributed by atoms with van der Waals surface area (Å²) in [5.74, 6) is 1.43. The lowest BCUT2D eigenvalue weighted by molar-refractivity contribution is 0.0601. The van der Waals surface area contributed by atoms with E-state index in [1.165, 1.54) is 23.1 Å². The zero-order chi connectivity index (χ0) is 16.2. The Balaban J connectivity index is 1.72. The highest BCUT2D eigenvalue weighted by molar-refractivity contribution is 5.94. The van der Waals surface area contributed by atoms with E-state index >= 15 is 0 Å². The molecule has 3 aliphatic carbocycles. The molecule has 0 bridgehead atoms. The van der Waals surface area contributed by atoms with Gasteiger partial charge < -0.3 is 5.11 Å². The van der Waals surface area contributed by atoms with E-state index in [0.717, 1.165) is 37.7 Å². The van der Waals surface area contributed by atoms with Crippen LogP contribution >= 0.6 is 0 Å². The molecular formula is C21H26O2. The first kappa shape index (κ1) is 15.1. The minimum absolute atomic E-state index is 0.139. The molecule has 0 saturated heterocycles. The number of aliphatic hydroxyl groups is 1. The van der Waals surface area contributed by atoms with Gasteiger partial charge in [-0.25, -0.2) is 0 Å². The van der Waals surface area contributed by atoms with Crippen molar-refractivity contribution in [3.63, 3.8) is 0 Å². The molecular weight excluding hydrogens is 284 g/mol. The van der Waals surface area contributed by atoms with Crippen molar-refractivity contribution < 1.29 is 9.90 Å². The van der Waals surface area contributed by atoms with Crippen molar-refractivity contribution in [2.75, 3.05) is 0 Å². The van der Waals surface area contributed by atoms with Gasteiger partial charge in [-0.1, -0.05) is 30.7 Å². The summed E-state index contributed by atoms with van der Waals surface area (Å²) in [4.78, 5) is 11.7. The largest absolute Gasteiger partial charge is 0.393 e. The number of carbonyl (C=O) groups is 1. The molecule has 0 heterocycles. The third kappa shape index (κ3) is 2.30. The fraction of sp³-hybridized carbons (Fsp3) is 0.571. The van der Waals surface area contributed by atoms with Crippen LogP contribution in [0.4, 0.5) is 0 Å². The molecule has 1 aromatic carbocycles. The number of aryl methyl sites for hydroxylation is 1.